The highest BCUT2D eigenvalue weighted by Crippen LogP contribution is 2.36. The minimum Gasteiger partial charge on any atom is -0.394 e. The highest BCUT2D eigenvalue weighted by Gasteiger charge is 2.33. The van der Waals surface area contributed by atoms with Crippen LogP contribution in [0.15, 0.2) is 47.2 Å². The Morgan fingerprint density at radius 2 is 1.97 bits per heavy atom. The average molecular weight is 503 g/mol. The minimum absolute atomic E-state index is 0.175. The van der Waals surface area contributed by atoms with Gasteiger partial charge < -0.3 is 19.4 Å². The third kappa shape index (κ3) is 4.21. The smallest absolute Gasteiger partial charge is 0.227 e. The molecule has 0 unspecified atom stereocenters. The number of amides is 1. The minimum atomic E-state index is -0.503. The van der Waals surface area contributed by atoms with E-state index in [1.165, 1.54) is 11.0 Å². The fourth-order valence-corrected chi connectivity index (χ4v) is 5.51. The maximum atomic E-state index is 15.3. The molecule has 4 aromatic rings. The van der Waals surface area contributed by atoms with Gasteiger partial charge in [0.15, 0.2) is 5.82 Å². The fourth-order valence-electron chi connectivity index (χ4n) is 5.51. The number of aliphatic hydroxyl groups excluding tert-OH is 1. The zero-order valence-corrected chi connectivity index (χ0v) is 20.5. The number of para-hydroxylation sites is 1. The van der Waals surface area contributed by atoms with E-state index < -0.39 is 11.9 Å². The molecule has 4 heterocycles. The first-order valence-electron chi connectivity index (χ1n) is 12.5. The molecule has 2 fully saturated rings. The van der Waals surface area contributed by atoms with Gasteiger partial charge in [0.2, 0.25) is 11.8 Å². The Labute approximate surface area is 212 Å². The lowest BCUT2D eigenvalue weighted by Crippen LogP contribution is -2.35. The van der Waals surface area contributed by atoms with Crippen molar-refractivity contribution in [2.24, 2.45) is 0 Å². The average Bonchev–Trinajstić information content (AvgIpc) is 3.53. The summed E-state index contributed by atoms with van der Waals surface area (Å²) in [6.07, 6.45) is 4.16. The number of carbonyl (C=O) groups is 1. The molecule has 1 atom stereocenters. The highest BCUT2D eigenvalue weighted by molar-refractivity contribution is 6.00. The van der Waals surface area contributed by atoms with E-state index in [0.717, 1.165) is 54.0 Å². The zero-order chi connectivity index (χ0) is 25.5. The maximum Gasteiger partial charge on any atom is 0.227 e. The van der Waals surface area contributed by atoms with Gasteiger partial charge in [-0.05, 0) is 43.0 Å². The van der Waals surface area contributed by atoms with E-state index in [1.54, 1.807) is 25.4 Å². The molecule has 1 N–H and O–H groups in total. The van der Waals surface area contributed by atoms with Crippen LogP contribution in [0.25, 0.3) is 22.0 Å². The molecule has 0 radical (unpaired) electrons. The van der Waals surface area contributed by atoms with Gasteiger partial charge in [-0.15, -0.1) is 0 Å². The number of hydrogen-bond acceptors (Lipinski definition) is 8. The normalized spacial score (nSPS) is 18.8. The van der Waals surface area contributed by atoms with Crippen LogP contribution in [0.5, 0.6) is 0 Å². The maximum absolute atomic E-state index is 15.3. The molecule has 190 valence electrons. The SMILES string of the molecule is Cc1nc(C2CCN(c3ncnc4c(-c5ccc(N6C(=O)CC[C@H]6CO)c(F)c5)cccc34)CC2)no1. The predicted octanol–water partition coefficient (Wildman–Crippen LogP) is 4.00. The summed E-state index contributed by atoms with van der Waals surface area (Å²) in [5.41, 5.74) is 2.38. The molecule has 1 amide bonds. The molecule has 37 heavy (non-hydrogen) atoms. The Kier molecular flexibility index (Phi) is 6.03. The second-order valence-corrected chi connectivity index (χ2v) is 9.64. The molecule has 2 aromatic heterocycles. The Morgan fingerprint density at radius 3 is 2.70 bits per heavy atom. The van der Waals surface area contributed by atoms with E-state index in [1.807, 2.05) is 18.2 Å². The van der Waals surface area contributed by atoms with E-state index in [2.05, 4.69) is 25.0 Å². The molecule has 10 heteroatoms. The highest BCUT2D eigenvalue weighted by atomic mass is 19.1. The van der Waals surface area contributed by atoms with Crippen molar-refractivity contribution < 1.29 is 18.8 Å². The van der Waals surface area contributed by atoms with Crippen molar-refractivity contribution >= 4 is 28.3 Å². The first-order chi connectivity index (χ1) is 18.0. The van der Waals surface area contributed by atoms with Crippen LogP contribution >= 0.6 is 0 Å². The van der Waals surface area contributed by atoms with Crippen molar-refractivity contribution in [2.75, 3.05) is 29.5 Å². The number of piperidine rings is 1. The number of aliphatic hydroxyl groups is 1. The van der Waals surface area contributed by atoms with Crippen LogP contribution in [0.4, 0.5) is 15.9 Å². The first-order valence-corrected chi connectivity index (χ1v) is 12.5. The van der Waals surface area contributed by atoms with Gasteiger partial charge in [0.25, 0.3) is 0 Å². The Morgan fingerprint density at radius 1 is 1.14 bits per heavy atom. The second kappa shape index (κ2) is 9.51. The van der Waals surface area contributed by atoms with Gasteiger partial charge >= 0.3 is 0 Å². The Hall–Kier alpha value is -3.92. The number of anilines is 2. The van der Waals surface area contributed by atoms with Crippen LogP contribution in [0.2, 0.25) is 0 Å². The van der Waals surface area contributed by atoms with Crippen molar-refractivity contribution in [1.29, 1.82) is 0 Å². The molecular weight excluding hydrogens is 475 g/mol. The molecule has 9 nitrogen and oxygen atoms in total. The van der Waals surface area contributed by atoms with Gasteiger partial charge in [-0.2, -0.15) is 4.98 Å². The lowest BCUT2D eigenvalue weighted by atomic mass is 9.95. The van der Waals surface area contributed by atoms with Gasteiger partial charge in [0.05, 0.1) is 23.9 Å². The molecule has 6 rings (SSSR count). The molecule has 0 bridgehead atoms. The molecule has 2 aromatic carbocycles. The number of hydrogen-bond donors (Lipinski definition) is 1. The Bertz CT molecular complexity index is 1470. The van der Waals surface area contributed by atoms with Gasteiger partial charge in [-0.25, -0.2) is 14.4 Å². The topological polar surface area (TPSA) is 108 Å². The van der Waals surface area contributed by atoms with E-state index in [-0.39, 0.29) is 24.1 Å². The van der Waals surface area contributed by atoms with Crippen molar-refractivity contribution in [3.8, 4) is 11.1 Å². The van der Waals surface area contributed by atoms with Crippen LogP contribution in [-0.4, -0.2) is 56.9 Å². The van der Waals surface area contributed by atoms with E-state index in [4.69, 9.17) is 4.52 Å². The van der Waals surface area contributed by atoms with Crippen LogP contribution in [0.3, 0.4) is 0 Å². The number of fused-ring (bicyclic) bond motifs is 1. The van der Waals surface area contributed by atoms with Crippen LogP contribution in [0, 0.1) is 12.7 Å². The summed E-state index contributed by atoms with van der Waals surface area (Å²) in [6, 6.07) is 10.3. The number of carbonyl (C=O) groups excluding carboxylic acids is 1. The van der Waals surface area contributed by atoms with E-state index in [9.17, 15) is 9.90 Å². The van der Waals surface area contributed by atoms with Crippen LogP contribution in [-0.2, 0) is 4.79 Å². The second-order valence-electron chi connectivity index (χ2n) is 9.64. The fraction of sp³-hybridized carbons (Fsp3) is 0.370. The number of benzene rings is 2. The zero-order valence-electron chi connectivity index (χ0n) is 20.5. The predicted molar refractivity (Wildman–Crippen MR) is 136 cm³/mol. The third-order valence-corrected chi connectivity index (χ3v) is 7.40. The van der Waals surface area contributed by atoms with Crippen molar-refractivity contribution in [3.63, 3.8) is 0 Å². The molecule has 2 aliphatic heterocycles. The summed E-state index contributed by atoms with van der Waals surface area (Å²) in [5.74, 6) is 1.77. The lowest BCUT2D eigenvalue weighted by Gasteiger charge is -2.32. The lowest BCUT2D eigenvalue weighted by molar-refractivity contribution is -0.117. The number of nitrogens with zero attached hydrogens (tertiary/aromatic N) is 6. The molecular formula is C27H27FN6O3. The van der Waals surface area contributed by atoms with Crippen molar-refractivity contribution in [2.45, 2.75) is 44.6 Å². The quantitative estimate of drug-likeness (QED) is 0.436. The van der Waals surface area contributed by atoms with Gasteiger partial charge in [-0.1, -0.05) is 23.4 Å². The summed E-state index contributed by atoms with van der Waals surface area (Å²) in [6.45, 7) is 3.21. The summed E-state index contributed by atoms with van der Waals surface area (Å²) in [4.78, 5) is 29.5. The summed E-state index contributed by atoms with van der Waals surface area (Å²) in [7, 11) is 0. The first kappa shape index (κ1) is 23.5. The van der Waals surface area contributed by atoms with Gasteiger partial charge in [0, 0.05) is 43.3 Å². The summed E-state index contributed by atoms with van der Waals surface area (Å²) >= 11 is 0. The third-order valence-electron chi connectivity index (χ3n) is 7.40. The molecule has 2 aliphatic rings. The van der Waals surface area contributed by atoms with Crippen molar-refractivity contribution in [1.82, 2.24) is 20.1 Å². The van der Waals surface area contributed by atoms with E-state index >= 15 is 4.39 Å². The standard InChI is InChI=1S/C27H27FN6O3/c1-16-31-26(32-37-16)17-9-11-33(12-10-17)27-21-4-2-3-20(25(21)29-15-30-27)18-5-7-23(22(28)13-18)34-19(14-35)6-8-24(34)36/h2-5,7,13,15,17,19,35H,6,8-12,14H2,1H3/t19-/m0/s1. The summed E-state index contributed by atoms with van der Waals surface area (Å²) in [5, 5.41) is 14.6. The largest absolute Gasteiger partial charge is 0.394 e. The van der Waals surface area contributed by atoms with Crippen molar-refractivity contribution in [3.05, 3.63) is 60.3 Å². The number of rotatable bonds is 5. The number of halogens is 1. The molecule has 0 aliphatic carbocycles. The van der Waals surface area contributed by atoms with Crippen LogP contribution in [0.1, 0.15) is 43.3 Å². The summed E-state index contributed by atoms with van der Waals surface area (Å²) < 4.78 is 20.4. The van der Waals surface area contributed by atoms with E-state index in [0.29, 0.717) is 24.3 Å². The van der Waals surface area contributed by atoms with Gasteiger partial charge in [0.1, 0.15) is 18.0 Å². The molecule has 0 spiro atoms. The number of aryl methyl sites for hydroxylation is 1. The molecule has 0 saturated carbocycles. The molecule has 2 saturated heterocycles. The number of aromatic nitrogens is 4. The monoisotopic (exact) mass is 502 g/mol. The van der Waals surface area contributed by atoms with Crippen LogP contribution < -0.4 is 9.80 Å². The van der Waals surface area contributed by atoms with Gasteiger partial charge in [-0.3, -0.25) is 4.79 Å². The Balaban J connectivity index is 1.29.